The summed E-state index contributed by atoms with van der Waals surface area (Å²) in [6.07, 6.45) is 5.25. The molecule has 0 spiro atoms. The summed E-state index contributed by atoms with van der Waals surface area (Å²) < 4.78 is 0. The van der Waals surface area contributed by atoms with Crippen LogP contribution in [0.2, 0.25) is 5.02 Å². The zero-order valence-electron chi connectivity index (χ0n) is 12.4. The molecule has 0 aliphatic rings. The first kappa shape index (κ1) is 17.1. The quantitative estimate of drug-likeness (QED) is 0.491. The highest BCUT2D eigenvalue weighted by atomic mass is 35.5. The molecule has 1 aromatic carbocycles. The number of nitrogens with one attached hydrogen (secondary N) is 1. The van der Waals surface area contributed by atoms with Crippen molar-refractivity contribution in [1.82, 2.24) is 10.3 Å². The van der Waals surface area contributed by atoms with Gasteiger partial charge in [-0.15, -0.1) is 11.8 Å². The van der Waals surface area contributed by atoms with Crippen LogP contribution in [0.4, 0.5) is 0 Å². The minimum absolute atomic E-state index is 0.0868. The van der Waals surface area contributed by atoms with Crippen molar-refractivity contribution in [1.29, 1.82) is 5.26 Å². The van der Waals surface area contributed by atoms with Crippen molar-refractivity contribution >= 4 is 29.1 Å². The number of carbonyl (C=O) groups is 1. The highest BCUT2D eigenvalue weighted by Crippen LogP contribution is 2.20. The molecule has 2 rings (SSSR count). The third-order valence-electron chi connectivity index (χ3n) is 3.05. The number of halogens is 1. The average Bonchev–Trinajstić information content (AvgIpc) is 2.59. The molecule has 0 atom stereocenters. The maximum absolute atomic E-state index is 12.5. The summed E-state index contributed by atoms with van der Waals surface area (Å²) >= 11 is 7.15. The number of nitrogens with zero attached hydrogens (tertiary/aromatic N) is 2. The normalized spacial score (nSPS) is 11.3. The molecule has 1 heterocycles. The molecule has 2 aromatic rings. The molecular formula is C17H14ClN3OS. The van der Waals surface area contributed by atoms with E-state index in [0.717, 1.165) is 5.56 Å². The zero-order valence-corrected chi connectivity index (χ0v) is 14.0. The summed E-state index contributed by atoms with van der Waals surface area (Å²) in [5.41, 5.74) is 1.49. The average molecular weight is 344 g/mol. The Kier molecular flexibility index (Phi) is 6.21. The second kappa shape index (κ2) is 8.37. The molecule has 0 aliphatic carbocycles. The third-order valence-corrected chi connectivity index (χ3v) is 4.06. The van der Waals surface area contributed by atoms with Crippen LogP contribution in [-0.2, 0) is 6.54 Å². The van der Waals surface area contributed by atoms with Gasteiger partial charge < -0.3 is 5.32 Å². The molecule has 0 fully saturated rings. The number of aromatic nitrogens is 1. The summed E-state index contributed by atoms with van der Waals surface area (Å²) in [6.45, 7) is 0.489. The van der Waals surface area contributed by atoms with E-state index in [1.165, 1.54) is 11.8 Å². The van der Waals surface area contributed by atoms with E-state index in [2.05, 4.69) is 10.3 Å². The van der Waals surface area contributed by atoms with E-state index in [4.69, 9.17) is 11.6 Å². The van der Waals surface area contributed by atoms with E-state index >= 15 is 0 Å². The van der Waals surface area contributed by atoms with Gasteiger partial charge in [-0.25, -0.2) is 0 Å². The number of allylic oxidation sites excluding steroid dienone is 1. The summed E-state index contributed by atoms with van der Waals surface area (Å²) in [6, 6.07) is 12.2. The van der Waals surface area contributed by atoms with Gasteiger partial charge in [-0.2, -0.15) is 5.26 Å². The molecule has 116 valence electrons. The van der Waals surface area contributed by atoms with Gasteiger partial charge in [0.15, 0.2) is 0 Å². The van der Waals surface area contributed by atoms with Crippen molar-refractivity contribution < 1.29 is 4.79 Å². The Morgan fingerprint density at radius 3 is 2.65 bits per heavy atom. The van der Waals surface area contributed by atoms with Gasteiger partial charge in [0.1, 0.15) is 11.6 Å². The predicted octanol–water partition coefficient (Wildman–Crippen LogP) is 3.81. The summed E-state index contributed by atoms with van der Waals surface area (Å²) in [5, 5.41) is 13.6. The monoisotopic (exact) mass is 343 g/mol. The molecule has 1 N–H and O–H groups in total. The summed E-state index contributed by atoms with van der Waals surface area (Å²) in [4.78, 5) is 16.5. The number of benzene rings is 1. The van der Waals surface area contributed by atoms with Crippen molar-refractivity contribution in [2.75, 3.05) is 6.26 Å². The van der Waals surface area contributed by atoms with Gasteiger partial charge in [0.05, 0.1) is 5.03 Å². The van der Waals surface area contributed by atoms with E-state index in [0.29, 0.717) is 22.2 Å². The zero-order chi connectivity index (χ0) is 16.7. The number of ketones is 1. The Morgan fingerprint density at radius 1 is 1.35 bits per heavy atom. The van der Waals surface area contributed by atoms with Crippen LogP contribution in [0, 0.1) is 11.3 Å². The van der Waals surface area contributed by atoms with Crippen LogP contribution >= 0.6 is 23.4 Å². The Labute approximate surface area is 144 Å². The number of thioether (sulfide) groups is 1. The minimum Gasteiger partial charge on any atom is -0.375 e. The van der Waals surface area contributed by atoms with Gasteiger partial charge >= 0.3 is 0 Å². The first-order valence-corrected chi connectivity index (χ1v) is 8.37. The minimum atomic E-state index is -0.327. The number of hydrogen-bond donors (Lipinski definition) is 1. The van der Waals surface area contributed by atoms with Crippen LogP contribution in [0.3, 0.4) is 0 Å². The first-order chi connectivity index (χ1) is 11.2. The molecule has 0 radical (unpaired) electrons. The fourth-order valence-corrected chi connectivity index (χ4v) is 2.58. The van der Waals surface area contributed by atoms with E-state index in [1.807, 2.05) is 24.5 Å². The van der Waals surface area contributed by atoms with Crippen LogP contribution in [-0.4, -0.2) is 17.0 Å². The number of rotatable bonds is 6. The summed E-state index contributed by atoms with van der Waals surface area (Å²) in [5.74, 6) is -0.327. The highest BCUT2D eigenvalue weighted by molar-refractivity contribution is 8.02. The number of nitriles is 1. The van der Waals surface area contributed by atoms with Gasteiger partial charge in [0, 0.05) is 29.5 Å². The van der Waals surface area contributed by atoms with Crippen LogP contribution in [0.5, 0.6) is 0 Å². The largest absolute Gasteiger partial charge is 0.375 e. The highest BCUT2D eigenvalue weighted by Gasteiger charge is 2.17. The lowest BCUT2D eigenvalue weighted by Gasteiger charge is -2.11. The number of Topliss-reactive ketones (excluding diaryl/α,β-unsaturated/α-hetero) is 1. The van der Waals surface area contributed by atoms with Gasteiger partial charge in [0.25, 0.3) is 0 Å². The van der Waals surface area contributed by atoms with Crippen molar-refractivity contribution in [3.8, 4) is 6.07 Å². The van der Waals surface area contributed by atoms with E-state index in [1.54, 1.807) is 36.7 Å². The molecule has 4 nitrogen and oxygen atoms in total. The van der Waals surface area contributed by atoms with Crippen molar-refractivity contribution in [3.63, 3.8) is 0 Å². The number of pyridine rings is 1. The van der Waals surface area contributed by atoms with Crippen molar-refractivity contribution in [2.24, 2.45) is 0 Å². The van der Waals surface area contributed by atoms with E-state index in [-0.39, 0.29) is 11.4 Å². The fraction of sp³-hybridized carbons (Fsp3) is 0.118. The van der Waals surface area contributed by atoms with Crippen LogP contribution < -0.4 is 5.32 Å². The Hall–Kier alpha value is -2.29. The molecular weight excluding hydrogens is 330 g/mol. The third kappa shape index (κ3) is 4.59. The van der Waals surface area contributed by atoms with Crippen LogP contribution in [0.25, 0.3) is 0 Å². The molecule has 0 saturated carbocycles. The van der Waals surface area contributed by atoms with Gasteiger partial charge in [-0.1, -0.05) is 17.7 Å². The molecule has 0 amide bonds. The van der Waals surface area contributed by atoms with Gasteiger partial charge in [-0.3, -0.25) is 9.78 Å². The second-order valence-electron chi connectivity index (χ2n) is 4.57. The molecule has 23 heavy (non-hydrogen) atoms. The molecule has 0 saturated heterocycles. The number of carbonyl (C=O) groups excluding carboxylic acids is 1. The van der Waals surface area contributed by atoms with Gasteiger partial charge in [-0.05, 0) is 42.2 Å². The molecule has 6 heteroatoms. The molecule has 1 aromatic heterocycles. The lowest BCUT2D eigenvalue weighted by Crippen LogP contribution is -2.16. The number of hydrogen-bond acceptors (Lipinski definition) is 5. The predicted molar refractivity (Wildman–Crippen MR) is 93.0 cm³/mol. The van der Waals surface area contributed by atoms with Crippen LogP contribution in [0.1, 0.15) is 15.9 Å². The van der Waals surface area contributed by atoms with Crippen molar-refractivity contribution in [2.45, 2.75) is 6.54 Å². The second-order valence-corrected chi connectivity index (χ2v) is 5.82. The van der Waals surface area contributed by atoms with E-state index in [9.17, 15) is 10.1 Å². The topological polar surface area (TPSA) is 65.8 Å². The van der Waals surface area contributed by atoms with Crippen molar-refractivity contribution in [3.05, 3.63) is 75.5 Å². The SMILES string of the molecule is CSC(NCc1cccnc1)=C(C#N)C(=O)c1ccc(Cl)cc1. The molecule has 0 aliphatic heterocycles. The maximum Gasteiger partial charge on any atom is 0.206 e. The lowest BCUT2D eigenvalue weighted by molar-refractivity contribution is 0.103. The Bertz CT molecular complexity index is 752. The standard InChI is InChI=1S/C17H14ClN3OS/c1-23-17(21-11-12-3-2-8-20-10-12)15(9-19)16(22)13-4-6-14(18)7-5-13/h2-8,10,21H,11H2,1H3. The molecule has 0 bridgehead atoms. The first-order valence-electron chi connectivity index (χ1n) is 6.77. The van der Waals surface area contributed by atoms with Crippen LogP contribution in [0.15, 0.2) is 59.4 Å². The lowest BCUT2D eigenvalue weighted by atomic mass is 10.1. The molecule has 0 unspecified atom stereocenters. The van der Waals surface area contributed by atoms with Gasteiger partial charge in [0.2, 0.25) is 5.78 Å². The van der Waals surface area contributed by atoms with E-state index < -0.39 is 0 Å². The fourth-order valence-electron chi connectivity index (χ4n) is 1.90. The Balaban J connectivity index is 2.23. The summed E-state index contributed by atoms with van der Waals surface area (Å²) in [7, 11) is 0. The Morgan fingerprint density at radius 2 is 2.09 bits per heavy atom. The maximum atomic E-state index is 12.5. The smallest absolute Gasteiger partial charge is 0.206 e.